The summed E-state index contributed by atoms with van der Waals surface area (Å²) < 4.78 is 0. The Balaban J connectivity index is 1.51. The summed E-state index contributed by atoms with van der Waals surface area (Å²) >= 11 is 0. The molecule has 4 rings (SSSR count). The molecule has 0 saturated heterocycles. The third-order valence-electron chi connectivity index (χ3n) is 9.49. The van der Waals surface area contributed by atoms with Crippen LogP contribution in [0, 0.1) is 33.5 Å². The van der Waals surface area contributed by atoms with Gasteiger partial charge in [-0.05, 0) is 61.2 Å². The molecule has 0 aromatic heterocycles. The number of carbonyl (C=O) groups is 2. The highest BCUT2D eigenvalue weighted by Gasteiger charge is 2.65. The summed E-state index contributed by atoms with van der Waals surface area (Å²) in [5.41, 5.74) is 0.209. The van der Waals surface area contributed by atoms with Crippen molar-refractivity contribution in [1.82, 2.24) is 0 Å². The average molecular weight is 316 g/mol. The largest absolute Gasteiger partial charge is 0.299 e. The zero-order chi connectivity index (χ0) is 16.7. The van der Waals surface area contributed by atoms with Gasteiger partial charge in [-0.1, -0.05) is 34.1 Å². The van der Waals surface area contributed by atoms with Crippen LogP contribution in [0.3, 0.4) is 0 Å². The first-order valence-electron chi connectivity index (χ1n) is 9.74. The van der Waals surface area contributed by atoms with Crippen LogP contribution in [-0.2, 0) is 9.59 Å². The number of carbonyl (C=O) groups excluding carboxylic acids is 2. The minimum absolute atomic E-state index is 0.0713. The maximum Gasteiger partial charge on any atom is 0.139 e. The summed E-state index contributed by atoms with van der Waals surface area (Å²) in [6, 6.07) is 0. The molecule has 4 saturated carbocycles. The molecule has 4 aliphatic rings. The summed E-state index contributed by atoms with van der Waals surface area (Å²) in [6.45, 7) is 9.29. The summed E-state index contributed by atoms with van der Waals surface area (Å²) in [4.78, 5) is 25.4. The molecule has 0 spiro atoms. The third kappa shape index (κ3) is 1.66. The molecule has 2 heteroatoms. The van der Waals surface area contributed by atoms with Crippen LogP contribution in [0.25, 0.3) is 0 Å². The molecule has 4 unspecified atom stereocenters. The number of fused-ring (bicyclic) bond motifs is 4. The lowest BCUT2D eigenvalue weighted by molar-refractivity contribution is -0.131. The second-order valence-corrected chi connectivity index (χ2v) is 10.2. The first kappa shape index (κ1) is 15.8. The molecule has 23 heavy (non-hydrogen) atoms. The van der Waals surface area contributed by atoms with E-state index < -0.39 is 0 Å². The lowest BCUT2D eigenvalue weighted by Crippen LogP contribution is -2.38. The van der Waals surface area contributed by atoms with Gasteiger partial charge in [0, 0.05) is 23.7 Å². The fourth-order valence-electron chi connectivity index (χ4n) is 7.40. The zero-order valence-corrected chi connectivity index (χ0v) is 15.3. The van der Waals surface area contributed by atoms with Crippen LogP contribution in [0.2, 0.25) is 0 Å². The Labute approximate surface area is 140 Å². The van der Waals surface area contributed by atoms with Gasteiger partial charge in [0.05, 0.1) is 0 Å². The SMILES string of the molecule is CC1(C)C2CCC1(CCCC13CCC(CC1=O)C3(C)C)C(=O)C2. The van der Waals surface area contributed by atoms with Crippen LogP contribution >= 0.6 is 0 Å². The van der Waals surface area contributed by atoms with Crippen LogP contribution in [0.4, 0.5) is 0 Å². The van der Waals surface area contributed by atoms with E-state index >= 15 is 0 Å². The van der Waals surface area contributed by atoms with Gasteiger partial charge in [0.25, 0.3) is 0 Å². The molecule has 4 bridgehead atoms. The molecule has 4 aliphatic carbocycles. The summed E-state index contributed by atoms with van der Waals surface area (Å²) in [6.07, 6.45) is 9.37. The van der Waals surface area contributed by atoms with Crippen LogP contribution in [-0.4, -0.2) is 11.6 Å². The maximum atomic E-state index is 12.7. The molecule has 0 aromatic rings. The van der Waals surface area contributed by atoms with Crippen molar-refractivity contribution in [3.8, 4) is 0 Å². The van der Waals surface area contributed by atoms with Crippen molar-refractivity contribution in [2.75, 3.05) is 0 Å². The smallest absolute Gasteiger partial charge is 0.139 e. The Morgan fingerprint density at radius 2 is 1.17 bits per heavy atom. The lowest BCUT2D eigenvalue weighted by Gasteiger charge is -2.40. The van der Waals surface area contributed by atoms with Gasteiger partial charge in [-0.25, -0.2) is 0 Å². The molecular formula is C21H32O2. The standard InChI is InChI=1S/C21H32O2/c1-18(2)14-6-10-20(18,16(22)12-14)8-5-9-21-11-7-15(13-17(21)23)19(21,3)4/h14-15H,5-13H2,1-4H3. The highest BCUT2D eigenvalue weighted by Crippen LogP contribution is 2.68. The zero-order valence-electron chi connectivity index (χ0n) is 15.3. The molecule has 0 N–H and O–H groups in total. The van der Waals surface area contributed by atoms with E-state index in [0.29, 0.717) is 23.4 Å². The van der Waals surface area contributed by atoms with Gasteiger partial charge in [0.1, 0.15) is 11.6 Å². The average Bonchev–Trinajstić information content (AvgIpc) is 3.00. The minimum atomic E-state index is -0.0713. The molecule has 128 valence electrons. The second-order valence-electron chi connectivity index (χ2n) is 10.2. The van der Waals surface area contributed by atoms with Gasteiger partial charge in [-0.2, -0.15) is 0 Å². The summed E-state index contributed by atoms with van der Waals surface area (Å²) in [5.74, 6) is 2.26. The van der Waals surface area contributed by atoms with E-state index in [1.165, 1.54) is 12.8 Å². The fraction of sp³-hybridized carbons (Fsp3) is 0.905. The van der Waals surface area contributed by atoms with Gasteiger partial charge < -0.3 is 0 Å². The molecule has 0 aliphatic heterocycles. The van der Waals surface area contributed by atoms with Gasteiger partial charge >= 0.3 is 0 Å². The van der Waals surface area contributed by atoms with Crippen molar-refractivity contribution in [1.29, 1.82) is 0 Å². The molecule has 0 amide bonds. The molecular weight excluding hydrogens is 284 g/mol. The fourth-order valence-corrected chi connectivity index (χ4v) is 7.40. The van der Waals surface area contributed by atoms with Crippen LogP contribution in [0.15, 0.2) is 0 Å². The molecule has 0 radical (unpaired) electrons. The van der Waals surface area contributed by atoms with E-state index in [-0.39, 0.29) is 21.7 Å². The van der Waals surface area contributed by atoms with Crippen LogP contribution < -0.4 is 0 Å². The van der Waals surface area contributed by atoms with Crippen molar-refractivity contribution in [3.63, 3.8) is 0 Å². The predicted molar refractivity (Wildman–Crippen MR) is 91.0 cm³/mol. The predicted octanol–water partition coefficient (Wildman–Crippen LogP) is 4.95. The molecule has 0 aromatic carbocycles. The second kappa shape index (κ2) is 4.49. The first-order valence-corrected chi connectivity index (χ1v) is 9.74. The van der Waals surface area contributed by atoms with E-state index in [1.807, 2.05) is 0 Å². The number of Topliss-reactive ketones (excluding diaryl/α,β-unsaturated/α-hetero) is 2. The molecule has 2 nitrogen and oxygen atoms in total. The van der Waals surface area contributed by atoms with E-state index in [2.05, 4.69) is 27.7 Å². The van der Waals surface area contributed by atoms with Gasteiger partial charge in [0.15, 0.2) is 0 Å². The number of ketones is 2. The lowest BCUT2D eigenvalue weighted by atomic mass is 9.62. The Kier molecular flexibility index (Phi) is 3.09. The quantitative estimate of drug-likeness (QED) is 0.735. The van der Waals surface area contributed by atoms with E-state index in [0.717, 1.165) is 44.9 Å². The highest BCUT2D eigenvalue weighted by atomic mass is 16.1. The Hall–Kier alpha value is -0.660. The van der Waals surface area contributed by atoms with Crippen molar-refractivity contribution in [2.24, 2.45) is 33.5 Å². The van der Waals surface area contributed by atoms with Crippen molar-refractivity contribution < 1.29 is 9.59 Å². The van der Waals surface area contributed by atoms with E-state index in [1.54, 1.807) is 0 Å². The minimum Gasteiger partial charge on any atom is -0.299 e. The Bertz CT molecular complexity index is 522. The number of hydrogen-bond acceptors (Lipinski definition) is 2. The van der Waals surface area contributed by atoms with Crippen LogP contribution in [0.5, 0.6) is 0 Å². The van der Waals surface area contributed by atoms with Crippen LogP contribution in [0.1, 0.15) is 85.5 Å². The van der Waals surface area contributed by atoms with Crippen molar-refractivity contribution in [2.45, 2.75) is 85.5 Å². The maximum absolute atomic E-state index is 12.7. The summed E-state index contributed by atoms with van der Waals surface area (Å²) in [5, 5.41) is 0. The van der Waals surface area contributed by atoms with E-state index in [4.69, 9.17) is 0 Å². The summed E-state index contributed by atoms with van der Waals surface area (Å²) in [7, 11) is 0. The third-order valence-corrected chi connectivity index (χ3v) is 9.49. The van der Waals surface area contributed by atoms with Crippen molar-refractivity contribution >= 4 is 11.6 Å². The van der Waals surface area contributed by atoms with E-state index in [9.17, 15) is 9.59 Å². The van der Waals surface area contributed by atoms with Gasteiger partial charge in [-0.15, -0.1) is 0 Å². The monoisotopic (exact) mass is 316 g/mol. The molecule has 4 fully saturated rings. The first-order chi connectivity index (χ1) is 10.7. The highest BCUT2D eigenvalue weighted by molar-refractivity contribution is 5.90. The normalized spacial score (nSPS) is 46.1. The molecule has 0 heterocycles. The Morgan fingerprint density at radius 3 is 1.43 bits per heavy atom. The number of rotatable bonds is 4. The number of hydrogen-bond donors (Lipinski definition) is 0. The topological polar surface area (TPSA) is 34.1 Å². The van der Waals surface area contributed by atoms with Gasteiger partial charge in [-0.3, -0.25) is 9.59 Å². The van der Waals surface area contributed by atoms with Crippen molar-refractivity contribution in [3.05, 3.63) is 0 Å². The van der Waals surface area contributed by atoms with Gasteiger partial charge in [0.2, 0.25) is 0 Å². The Morgan fingerprint density at radius 1 is 0.783 bits per heavy atom. The molecule has 4 atom stereocenters.